The smallest absolute Gasteiger partial charge is 0.262 e. The van der Waals surface area contributed by atoms with Gasteiger partial charge in [-0.1, -0.05) is 12.1 Å². The third-order valence-electron chi connectivity index (χ3n) is 5.37. The zero-order chi connectivity index (χ0) is 22.3. The Labute approximate surface area is 186 Å². The second-order valence-corrected chi connectivity index (χ2v) is 7.50. The van der Waals surface area contributed by atoms with E-state index in [4.69, 9.17) is 18.9 Å². The quantitative estimate of drug-likeness (QED) is 0.528. The van der Waals surface area contributed by atoms with Gasteiger partial charge in [-0.2, -0.15) is 5.26 Å². The summed E-state index contributed by atoms with van der Waals surface area (Å²) in [5, 5.41) is 12.3. The number of methoxy groups -OCH3 is 1. The average Bonchev–Trinajstić information content (AvgIpc) is 3.30. The van der Waals surface area contributed by atoms with Crippen LogP contribution in [-0.2, 0) is 22.6 Å². The molecule has 2 aliphatic rings. The lowest BCUT2D eigenvalue weighted by molar-refractivity contribution is -0.117. The van der Waals surface area contributed by atoms with Crippen LogP contribution in [0.4, 0.5) is 0 Å². The fraction of sp³-hybridized carbons (Fsp3) is 0.333. The number of nitrogens with one attached hydrogen (secondary N) is 1. The lowest BCUT2D eigenvalue weighted by Gasteiger charge is -2.27. The number of hydrogen-bond donors (Lipinski definition) is 1. The third kappa shape index (κ3) is 5.19. The molecule has 0 spiro atoms. The van der Waals surface area contributed by atoms with Gasteiger partial charge < -0.3 is 24.3 Å². The number of nitrogens with zero attached hydrogens (tertiary/aromatic N) is 2. The van der Waals surface area contributed by atoms with E-state index in [0.717, 1.165) is 35.5 Å². The predicted molar refractivity (Wildman–Crippen MR) is 117 cm³/mol. The Hall–Kier alpha value is -3.54. The Balaban J connectivity index is 1.45. The molecule has 1 saturated heterocycles. The van der Waals surface area contributed by atoms with E-state index in [2.05, 4.69) is 10.2 Å². The van der Waals surface area contributed by atoms with Crippen LogP contribution in [-0.4, -0.2) is 51.0 Å². The summed E-state index contributed by atoms with van der Waals surface area (Å²) in [6.45, 7) is 4.32. The van der Waals surface area contributed by atoms with Crippen molar-refractivity contribution in [1.29, 1.82) is 5.26 Å². The molecule has 1 fully saturated rings. The molecule has 0 aromatic heterocycles. The van der Waals surface area contributed by atoms with Crippen LogP contribution in [0, 0.1) is 11.3 Å². The molecule has 4 rings (SSSR count). The number of morpholine rings is 1. The van der Waals surface area contributed by atoms with Gasteiger partial charge in [0.15, 0.2) is 11.5 Å². The van der Waals surface area contributed by atoms with Crippen molar-refractivity contribution < 1.29 is 23.7 Å². The SMILES string of the molecule is COc1ccc(C=C(C#N)C(=O)NCc2ccc3c(c2)OCO3)cc1CN1CCOCC1. The fourth-order valence-corrected chi connectivity index (χ4v) is 3.66. The van der Waals surface area contributed by atoms with Crippen LogP contribution < -0.4 is 19.5 Å². The maximum atomic E-state index is 12.6. The molecular formula is C24H25N3O5. The summed E-state index contributed by atoms with van der Waals surface area (Å²) < 4.78 is 21.6. The molecule has 2 aromatic carbocycles. The summed E-state index contributed by atoms with van der Waals surface area (Å²) in [4.78, 5) is 14.9. The van der Waals surface area contributed by atoms with Crippen molar-refractivity contribution in [2.45, 2.75) is 13.1 Å². The van der Waals surface area contributed by atoms with E-state index < -0.39 is 5.91 Å². The Kier molecular flexibility index (Phi) is 6.90. The zero-order valence-electron chi connectivity index (χ0n) is 17.9. The van der Waals surface area contributed by atoms with Gasteiger partial charge in [0.25, 0.3) is 5.91 Å². The van der Waals surface area contributed by atoms with Crippen LogP contribution in [0.5, 0.6) is 17.2 Å². The van der Waals surface area contributed by atoms with Crippen LogP contribution in [0.2, 0.25) is 0 Å². The monoisotopic (exact) mass is 435 g/mol. The molecule has 0 bridgehead atoms. The summed E-state index contributed by atoms with van der Waals surface area (Å²) in [5.74, 6) is 1.68. The van der Waals surface area contributed by atoms with Gasteiger partial charge in [0.05, 0.1) is 20.3 Å². The summed E-state index contributed by atoms with van der Waals surface area (Å²) in [6, 6.07) is 13.1. The largest absolute Gasteiger partial charge is 0.496 e. The minimum Gasteiger partial charge on any atom is -0.496 e. The maximum Gasteiger partial charge on any atom is 0.262 e. The molecule has 0 atom stereocenters. The van der Waals surface area contributed by atoms with Crippen molar-refractivity contribution >= 4 is 12.0 Å². The Morgan fingerprint density at radius 3 is 2.78 bits per heavy atom. The Morgan fingerprint density at radius 2 is 2.00 bits per heavy atom. The summed E-state index contributed by atoms with van der Waals surface area (Å²) in [7, 11) is 1.64. The minimum absolute atomic E-state index is 0.0354. The van der Waals surface area contributed by atoms with E-state index in [1.807, 2.05) is 36.4 Å². The normalized spacial score (nSPS) is 15.8. The summed E-state index contributed by atoms with van der Waals surface area (Å²) in [5.41, 5.74) is 2.66. The molecule has 0 unspecified atom stereocenters. The predicted octanol–water partition coefficient (Wildman–Crippen LogP) is 2.48. The van der Waals surface area contributed by atoms with E-state index in [1.165, 1.54) is 0 Å². The molecule has 0 radical (unpaired) electrons. The van der Waals surface area contributed by atoms with Crippen molar-refractivity contribution in [2.75, 3.05) is 40.2 Å². The van der Waals surface area contributed by atoms with Crippen LogP contribution >= 0.6 is 0 Å². The van der Waals surface area contributed by atoms with Crippen LogP contribution in [0.25, 0.3) is 6.08 Å². The van der Waals surface area contributed by atoms with E-state index in [0.29, 0.717) is 31.3 Å². The second kappa shape index (κ2) is 10.2. The molecule has 0 aliphatic carbocycles. The molecule has 0 saturated carbocycles. The first-order chi connectivity index (χ1) is 15.7. The van der Waals surface area contributed by atoms with Crippen LogP contribution in [0.1, 0.15) is 16.7 Å². The van der Waals surface area contributed by atoms with Crippen LogP contribution in [0.3, 0.4) is 0 Å². The van der Waals surface area contributed by atoms with E-state index in [1.54, 1.807) is 19.3 Å². The highest BCUT2D eigenvalue weighted by Crippen LogP contribution is 2.32. The van der Waals surface area contributed by atoms with Gasteiger partial charge in [-0.3, -0.25) is 9.69 Å². The van der Waals surface area contributed by atoms with Crippen molar-refractivity contribution in [2.24, 2.45) is 0 Å². The maximum absolute atomic E-state index is 12.6. The second-order valence-electron chi connectivity index (χ2n) is 7.50. The number of benzene rings is 2. The number of carbonyl (C=O) groups excluding carboxylic acids is 1. The number of rotatable bonds is 7. The van der Waals surface area contributed by atoms with E-state index in [-0.39, 0.29) is 18.9 Å². The number of amides is 1. The molecule has 8 heteroatoms. The van der Waals surface area contributed by atoms with E-state index >= 15 is 0 Å². The lowest BCUT2D eigenvalue weighted by atomic mass is 10.1. The standard InChI is InChI=1S/C24H25N3O5/c1-29-21-4-2-17(11-20(21)15-27-6-8-30-9-7-27)10-19(13-25)24(28)26-14-18-3-5-22-23(12-18)32-16-31-22/h2-5,10-12H,6-9,14-16H2,1H3,(H,26,28). The molecule has 8 nitrogen and oxygen atoms in total. The topological polar surface area (TPSA) is 93.0 Å². The minimum atomic E-state index is -0.435. The summed E-state index contributed by atoms with van der Waals surface area (Å²) in [6.07, 6.45) is 1.59. The van der Waals surface area contributed by atoms with Gasteiger partial charge in [0, 0.05) is 31.7 Å². The molecule has 32 heavy (non-hydrogen) atoms. The van der Waals surface area contributed by atoms with Crippen molar-refractivity contribution in [3.63, 3.8) is 0 Å². The zero-order valence-corrected chi connectivity index (χ0v) is 17.9. The highest BCUT2D eigenvalue weighted by atomic mass is 16.7. The van der Waals surface area contributed by atoms with Crippen molar-refractivity contribution in [1.82, 2.24) is 10.2 Å². The number of nitriles is 1. The fourth-order valence-electron chi connectivity index (χ4n) is 3.66. The molecule has 2 heterocycles. The highest BCUT2D eigenvalue weighted by molar-refractivity contribution is 6.01. The van der Waals surface area contributed by atoms with Gasteiger partial charge in [-0.05, 0) is 41.5 Å². The van der Waals surface area contributed by atoms with Crippen molar-refractivity contribution in [3.05, 3.63) is 58.7 Å². The highest BCUT2D eigenvalue weighted by Gasteiger charge is 2.16. The molecule has 2 aliphatic heterocycles. The van der Waals surface area contributed by atoms with Gasteiger partial charge in [0.2, 0.25) is 6.79 Å². The first-order valence-electron chi connectivity index (χ1n) is 10.4. The van der Waals surface area contributed by atoms with Gasteiger partial charge in [-0.25, -0.2) is 0 Å². The molecule has 2 aromatic rings. The average molecular weight is 435 g/mol. The van der Waals surface area contributed by atoms with Gasteiger partial charge >= 0.3 is 0 Å². The first-order valence-corrected chi connectivity index (χ1v) is 10.4. The molecular weight excluding hydrogens is 410 g/mol. The Morgan fingerprint density at radius 1 is 1.19 bits per heavy atom. The third-order valence-corrected chi connectivity index (χ3v) is 5.37. The number of fused-ring (bicyclic) bond motifs is 1. The van der Waals surface area contributed by atoms with Gasteiger partial charge in [-0.15, -0.1) is 0 Å². The first kappa shape index (κ1) is 21.7. The van der Waals surface area contributed by atoms with Crippen LogP contribution in [0.15, 0.2) is 42.0 Å². The molecule has 166 valence electrons. The summed E-state index contributed by atoms with van der Waals surface area (Å²) >= 11 is 0. The molecule has 1 N–H and O–H groups in total. The molecule has 1 amide bonds. The Bertz CT molecular complexity index is 1050. The number of ether oxygens (including phenoxy) is 4. The lowest BCUT2D eigenvalue weighted by Crippen LogP contribution is -2.35. The number of hydrogen-bond acceptors (Lipinski definition) is 7. The number of carbonyl (C=O) groups is 1. The van der Waals surface area contributed by atoms with Gasteiger partial charge in [0.1, 0.15) is 17.4 Å². The van der Waals surface area contributed by atoms with E-state index in [9.17, 15) is 10.1 Å². The van der Waals surface area contributed by atoms with Crippen molar-refractivity contribution in [3.8, 4) is 23.3 Å².